The molecule has 0 heterocycles. The van der Waals surface area contributed by atoms with Crippen LogP contribution in [0.3, 0.4) is 0 Å². The molecule has 0 spiro atoms. The van der Waals surface area contributed by atoms with Gasteiger partial charge in [-0.3, -0.25) is 4.79 Å². The van der Waals surface area contributed by atoms with E-state index in [0.29, 0.717) is 16.3 Å². The van der Waals surface area contributed by atoms with Crippen molar-refractivity contribution in [2.45, 2.75) is 39.0 Å². The minimum atomic E-state index is -0.325. The van der Waals surface area contributed by atoms with Crippen LogP contribution in [0.1, 0.15) is 49.4 Å². The Balaban J connectivity index is 2.46. The topological polar surface area (TPSA) is 50.7 Å². The molecule has 0 fully saturated rings. The molecule has 0 radical (unpaired) electrons. The fourth-order valence-corrected chi connectivity index (χ4v) is 1.92. The van der Waals surface area contributed by atoms with Crippen molar-refractivity contribution in [3.63, 3.8) is 0 Å². The highest BCUT2D eigenvalue weighted by atomic mass is 35.5. The number of carbonyl (C=O) groups is 1. The Morgan fingerprint density at radius 3 is 2.90 bits per heavy atom. The monoisotopic (exact) mass is 296 g/mol. The zero-order valence-electron chi connectivity index (χ0n) is 12.0. The third-order valence-electron chi connectivity index (χ3n) is 2.85. The minimum absolute atomic E-state index is 0.325. The maximum Gasteiger partial charge on any atom is 0.275 e. The van der Waals surface area contributed by atoms with E-state index in [1.807, 2.05) is 0 Å². The van der Waals surface area contributed by atoms with E-state index in [0.717, 1.165) is 12.8 Å². The van der Waals surface area contributed by atoms with Crippen LogP contribution in [-0.2, 0) is 0 Å². The van der Waals surface area contributed by atoms with Crippen molar-refractivity contribution in [2.24, 2.45) is 5.10 Å². The molecule has 0 atom stereocenters. The number of hydrazone groups is 1. The molecule has 20 heavy (non-hydrogen) atoms. The molecule has 0 aliphatic rings. The molecule has 0 saturated heterocycles. The van der Waals surface area contributed by atoms with E-state index >= 15 is 0 Å². The summed E-state index contributed by atoms with van der Waals surface area (Å²) in [6.45, 7) is 2.17. The molecule has 1 aromatic carbocycles. The Bertz CT molecular complexity index is 461. The summed E-state index contributed by atoms with van der Waals surface area (Å²) in [7, 11) is 1.51. The Labute approximate surface area is 125 Å². The normalized spacial score (nSPS) is 10.8. The zero-order valence-corrected chi connectivity index (χ0v) is 12.7. The van der Waals surface area contributed by atoms with Gasteiger partial charge in [0.05, 0.1) is 12.7 Å². The van der Waals surface area contributed by atoms with Gasteiger partial charge in [-0.25, -0.2) is 5.43 Å². The number of ether oxygens (including phenoxy) is 1. The number of benzene rings is 1. The lowest BCUT2D eigenvalue weighted by Gasteiger charge is -2.07. The lowest BCUT2D eigenvalue weighted by molar-refractivity contribution is 0.0952. The van der Waals surface area contributed by atoms with E-state index in [4.69, 9.17) is 16.3 Å². The molecule has 0 saturated carbocycles. The van der Waals surface area contributed by atoms with Crippen LogP contribution < -0.4 is 10.2 Å². The largest absolute Gasteiger partial charge is 0.496 e. The van der Waals surface area contributed by atoms with Gasteiger partial charge in [0.15, 0.2) is 0 Å². The second kappa shape index (κ2) is 9.37. The molecule has 0 unspecified atom stereocenters. The molecule has 0 aromatic heterocycles. The van der Waals surface area contributed by atoms with Gasteiger partial charge in [-0.1, -0.05) is 37.8 Å². The number of amides is 1. The van der Waals surface area contributed by atoms with Crippen molar-refractivity contribution in [2.75, 3.05) is 7.11 Å². The molecule has 0 aliphatic carbocycles. The predicted molar refractivity (Wildman–Crippen MR) is 82.7 cm³/mol. The summed E-state index contributed by atoms with van der Waals surface area (Å²) in [5, 5.41) is 4.41. The number of nitrogens with one attached hydrogen (secondary N) is 1. The molecule has 0 aliphatic heterocycles. The molecule has 1 N–H and O–H groups in total. The summed E-state index contributed by atoms with van der Waals surface area (Å²) in [6.07, 6.45) is 7.33. The van der Waals surface area contributed by atoms with Crippen LogP contribution in [0.2, 0.25) is 5.02 Å². The maximum absolute atomic E-state index is 11.9. The maximum atomic E-state index is 11.9. The second-order valence-electron chi connectivity index (χ2n) is 4.45. The van der Waals surface area contributed by atoms with Gasteiger partial charge in [-0.15, -0.1) is 0 Å². The summed E-state index contributed by atoms with van der Waals surface area (Å²) in [4.78, 5) is 11.9. The molecule has 0 bridgehead atoms. The molecule has 110 valence electrons. The molecule has 1 amide bonds. The number of methoxy groups -OCH3 is 1. The highest BCUT2D eigenvalue weighted by Crippen LogP contribution is 2.22. The average Bonchev–Trinajstić information content (AvgIpc) is 2.46. The SMILES string of the molecule is CCCCCCC=NNC(=O)c1cc(Cl)ccc1OC. The Hall–Kier alpha value is -1.55. The Morgan fingerprint density at radius 2 is 2.20 bits per heavy atom. The van der Waals surface area contributed by atoms with Crippen molar-refractivity contribution in [1.82, 2.24) is 5.43 Å². The van der Waals surface area contributed by atoms with Crippen LogP contribution in [0.5, 0.6) is 5.75 Å². The third kappa shape index (κ3) is 5.61. The Morgan fingerprint density at radius 1 is 1.40 bits per heavy atom. The summed E-state index contributed by atoms with van der Waals surface area (Å²) in [5.74, 6) is 0.152. The number of nitrogens with zero attached hydrogens (tertiary/aromatic N) is 1. The zero-order chi connectivity index (χ0) is 14.8. The number of carbonyl (C=O) groups excluding carboxylic acids is 1. The highest BCUT2D eigenvalue weighted by Gasteiger charge is 2.11. The van der Waals surface area contributed by atoms with Crippen LogP contribution >= 0.6 is 11.6 Å². The molecule has 1 rings (SSSR count). The van der Waals surface area contributed by atoms with Crippen LogP contribution in [0.15, 0.2) is 23.3 Å². The van der Waals surface area contributed by atoms with E-state index in [9.17, 15) is 4.79 Å². The van der Waals surface area contributed by atoms with E-state index in [1.54, 1.807) is 24.4 Å². The van der Waals surface area contributed by atoms with Gasteiger partial charge >= 0.3 is 0 Å². The van der Waals surface area contributed by atoms with Crippen molar-refractivity contribution in [3.8, 4) is 5.75 Å². The lowest BCUT2D eigenvalue weighted by Crippen LogP contribution is -2.18. The summed E-state index contributed by atoms with van der Waals surface area (Å²) in [5.41, 5.74) is 2.86. The fraction of sp³-hybridized carbons (Fsp3) is 0.467. The Kier molecular flexibility index (Phi) is 7.73. The van der Waals surface area contributed by atoms with E-state index in [-0.39, 0.29) is 5.91 Å². The summed E-state index contributed by atoms with van der Waals surface area (Å²) >= 11 is 5.88. The van der Waals surface area contributed by atoms with E-state index in [1.165, 1.54) is 26.4 Å². The van der Waals surface area contributed by atoms with Crippen molar-refractivity contribution in [1.29, 1.82) is 0 Å². The predicted octanol–water partition coefficient (Wildman–Crippen LogP) is 4.03. The smallest absolute Gasteiger partial charge is 0.275 e. The first-order valence-corrected chi connectivity index (χ1v) is 7.22. The number of unbranched alkanes of at least 4 members (excludes halogenated alkanes) is 4. The van der Waals surface area contributed by atoms with Crippen molar-refractivity contribution < 1.29 is 9.53 Å². The number of halogens is 1. The van der Waals surface area contributed by atoms with Gasteiger partial charge in [0.25, 0.3) is 5.91 Å². The van der Waals surface area contributed by atoms with Gasteiger partial charge in [0.1, 0.15) is 5.75 Å². The number of hydrogen-bond acceptors (Lipinski definition) is 3. The molecule has 5 heteroatoms. The quantitative estimate of drug-likeness (QED) is 0.447. The van der Waals surface area contributed by atoms with Crippen molar-refractivity contribution >= 4 is 23.7 Å². The van der Waals surface area contributed by atoms with Crippen LogP contribution in [0.4, 0.5) is 0 Å². The number of rotatable bonds is 8. The fourth-order valence-electron chi connectivity index (χ4n) is 1.75. The van der Waals surface area contributed by atoms with Gasteiger partial charge < -0.3 is 4.74 Å². The highest BCUT2D eigenvalue weighted by molar-refractivity contribution is 6.31. The minimum Gasteiger partial charge on any atom is -0.496 e. The number of hydrogen-bond donors (Lipinski definition) is 1. The van der Waals surface area contributed by atoms with Gasteiger partial charge in [0.2, 0.25) is 0 Å². The standard InChI is InChI=1S/C15H21ClN2O2/c1-3-4-5-6-7-10-17-18-15(19)13-11-12(16)8-9-14(13)20-2/h8-11H,3-7H2,1-2H3,(H,18,19). The molecule has 4 nitrogen and oxygen atoms in total. The lowest BCUT2D eigenvalue weighted by atomic mass is 10.2. The second-order valence-corrected chi connectivity index (χ2v) is 4.88. The summed E-state index contributed by atoms with van der Waals surface area (Å²) < 4.78 is 5.12. The van der Waals surface area contributed by atoms with Crippen LogP contribution in [0.25, 0.3) is 0 Å². The van der Waals surface area contributed by atoms with E-state index in [2.05, 4.69) is 17.5 Å². The molecular weight excluding hydrogens is 276 g/mol. The van der Waals surface area contributed by atoms with Crippen LogP contribution in [-0.4, -0.2) is 19.2 Å². The van der Waals surface area contributed by atoms with Gasteiger partial charge in [0, 0.05) is 11.2 Å². The van der Waals surface area contributed by atoms with Gasteiger partial charge in [-0.05, 0) is 31.0 Å². The first kappa shape index (κ1) is 16.5. The van der Waals surface area contributed by atoms with Gasteiger partial charge in [-0.2, -0.15) is 5.10 Å². The van der Waals surface area contributed by atoms with E-state index < -0.39 is 0 Å². The first-order valence-electron chi connectivity index (χ1n) is 6.84. The van der Waals surface area contributed by atoms with Crippen LogP contribution in [0, 0.1) is 0 Å². The molecule has 1 aromatic rings. The third-order valence-corrected chi connectivity index (χ3v) is 3.09. The average molecular weight is 297 g/mol. The first-order chi connectivity index (χ1) is 9.69. The van der Waals surface area contributed by atoms with Crippen molar-refractivity contribution in [3.05, 3.63) is 28.8 Å². The molecular formula is C15H21ClN2O2. The summed E-state index contributed by atoms with van der Waals surface area (Å²) in [6, 6.07) is 4.90.